The van der Waals surface area contributed by atoms with Crippen LogP contribution in [-0.4, -0.2) is 23.0 Å². The van der Waals surface area contributed by atoms with E-state index in [0.717, 1.165) is 5.56 Å². The van der Waals surface area contributed by atoms with Gasteiger partial charge in [0.25, 0.3) is 5.91 Å². The topological polar surface area (TPSA) is 66.6 Å². The maximum atomic E-state index is 13.1. The van der Waals surface area contributed by atoms with Crippen molar-refractivity contribution in [3.8, 4) is 5.75 Å². The summed E-state index contributed by atoms with van der Waals surface area (Å²) in [6.45, 7) is 0.385. The lowest BCUT2D eigenvalue weighted by Crippen LogP contribution is -2.26. The standard InChI is InChI=1S/C15H15FN2O2/c1-18(9-10-2-5-12(19)6-3-10)15(20)11-4-7-13(16)14(17)8-11/h2-8,19H,9,17H2,1H3. The minimum atomic E-state index is -0.539. The second-order valence-corrected chi connectivity index (χ2v) is 4.56. The van der Waals surface area contributed by atoms with Crippen LogP contribution in [0.4, 0.5) is 10.1 Å². The van der Waals surface area contributed by atoms with Gasteiger partial charge in [-0.1, -0.05) is 12.1 Å². The smallest absolute Gasteiger partial charge is 0.253 e. The highest BCUT2D eigenvalue weighted by molar-refractivity contribution is 5.94. The monoisotopic (exact) mass is 274 g/mol. The minimum Gasteiger partial charge on any atom is -0.508 e. The number of halogens is 1. The molecule has 0 radical (unpaired) electrons. The van der Waals surface area contributed by atoms with Crippen molar-refractivity contribution in [1.29, 1.82) is 0 Å². The highest BCUT2D eigenvalue weighted by Gasteiger charge is 2.13. The molecule has 0 heterocycles. The second-order valence-electron chi connectivity index (χ2n) is 4.56. The van der Waals surface area contributed by atoms with E-state index in [1.807, 2.05) is 0 Å². The number of carbonyl (C=O) groups excluding carboxylic acids is 1. The van der Waals surface area contributed by atoms with Crippen LogP contribution in [-0.2, 0) is 6.54 Å². The van der Waals surface area contributed by atoms with Gasteiger partial charge in [0.1, 0.15) is 11.6 Å². The number of rotatable bonds is 3. The average molecular weight is 274 g/mol. The molecule has 3 N–H and O–H groups in total. The third kappa shape index (κ3) is 3.06. The maximum Gasteiger partial charge on any atom is 0.253 e. The van der Waals surface area contributed by atoms with Crippen molar-refractivity contribution in [2.24, 2.45) is 0 Å². The van der Waals surface area contributed by atoms with Crippen molar-refractivity contribution in [3.63, 3.8) is 0 Å². The zero-order chi connectivity index (χ0) is 14.7. The lowest BCUT2D eigenvalue weighted by Gasteiger charge is -2.17. The summed E-state index contributed by atoms with van der Waals surface area (Å²) in [5.41, 5.74) is 6.63. The molecule has 0 spiro atoms. The number of hydrogen-bond acceptors (Lipinski definition) is 3. The zero-order valence-corrected chi connectivity index (χ0v) is 11.0. The molecule has 20 heavy (non-hydrogen) atoms. The molecular formula is C15H15FN2O2. The first-order chi connectivity index (χ1) is 9.47. The van der Waals surface area contributed by atoms with E-state index in [1.165, 1.54) is 23.1 Å². The highest BCUT2D eigenvalue weighted by atomic mass is 19.1. The maximum absolute atomic E-state index is 13.1. The number of phenols is 1. The number of nitrogen functional groups attached to an aromatic ring is 1. The predicted octanol–water partition coefficient (Wildman–Crippen LogP) is 2.39. The third-order valence-electron chi connectivity index (χ3n) is 2.95. The van der Waals surface area contributed by atoms with Crippen LogP contribution < -0.4 is 5.73 Å². The summed E-state index contributed by atoms with van der Waals surface area (Å²) in [7, 11) is 1.65. The molecule has 0 unspecified atom stereocenters. The van der Waals surface area contributed by atoms with Crippen LogP contribution in [0.3, 0.4) is 0 Å². The Bertz CT molecular complexity index is 626. The molecule has 4 nitrogen and oxygen atoms in total. The van der Waals surface area contributed by atoms with Gasteiger partial charge in [0.2, 0.25) is 0 Å². The fraction of sp³-hybridized carbons (Fsp3) is 0.133. The minimum absolute atomic E-state index is 0.0473. The predicted molar refractivity (Wildman–Crippen MR) is 74.7 cm³/mol. The van der Waals surface area contributed by atoms with E-state index < -0.39 is 5.82 Å². The summed E-state index contributed by atoms with van der Waals surface area (Å²) >= 11 is 0. The summed E-state index contributed by atoms with van der Waals surface area (Å²) in [6.07, 6.45) is 0. The number of benzene rings is 2. The van der Waals surface area contributed by atoms with Gasteiger partial charge in [0, 0.05) is 19.2 Å². The normalized spacial score (nSPS) is 10.3. The molecule has 1 amide bonds. The fourth-order valence-electron chi connectivity index (χ4n) is 1.84. The summed E-state index contributed by atoms with van der Waals surface area (Å²) in [5, 5.41) is 9.20. The van der Waals surface area contributed by atoms with Crippen LogP contribution >= 0.6 is 0 Å². The number of anilines is 1. The summed E-state index contributed by atoms with van der Waals surface area (Å²) < 4.78 is 13.1. The Labute approximate surface area is 116 Å². The number of aromatic hydroxyl groups is 1. The van der Waals surface area contributed by atoms with Crippen molar-refractivity contribution < 1.29 is 14.3 Å². The van der Waals surface area contributed by atoms with Crippen molar-refractivity contribution in [2.45, 2.75) is 6.54 Å². The Balaban J connectivity index is 2.11. The molecule has 0 saturated heterocycles. The third-order valence-corrected chi connectivity index (χ3v) is 2.95. The quantitative estimate of drug-likeness (QED) is 0.844. The van der Waals surface area contributed by atoms with Crippen LogP contribution in [0.5, 0.6) is 5.75 Å². The van der Waals surface area contributed by atoms with Gasteiger partial charge in [-0.25, -0.2) is 4.39 Å². The number of phenolic OH excluding ortho intramolecular Hbond substituents is 1. The molecule has 0 atom stereocenters. The van der Waals surface area contributed by atoms with Gasteiger partial charge < -0.3 is 15.7 Å². The summed E-state index contributed by atoms with van der Waals surface area (Å²) in [6, 6.07) is 10.5. The molecule has 104 valence electrons. The number of amides is 1. The van der Waals surface area contributed by atoms with E-state index >= 15 is 0 Å². The summed E-state index contributed by atoms with van der Waals surface area (Å²) in [5.74, 6) is -0.610. The van der Waals surface area contributed by atoms with E-state index in [-0.39, 0.29) is 17.3 Å². The van der Waals surface area contributed by atoms with Gasteiger partial charge in [0.05, 0.1) is 5.69 Å². The molecule has 0 aliphatic heterocycles. The molecule has 0 bridgehead atoms. The van der Waals surface area contributed by atoms with Gasteiger partial charge in [-0.15, -0.1) is 0 Å². The van der Waals surface area contributed by atoms with Crippen molar-refractivity contribution >= 4 is 11.6 Å². The molecule has 0 aliphatic rings. The first kappa shape index (κ1) is 13.9. The molecular weight excluding hydrogens is 259 g/mol. The van der Waals surface area contributed by atoms with Gasteiger partial charge in [0.15, 0.2) is 0 Å². The molecule has 2 aromatic carbocycles. The van der Waals surface area contributed by atoms with E-state index in [9.17, 15) is 14.3 Å². The number of hydrogen-bond donors (Lipinski definition) is 2. The Morgan fingerprint density at radius 2 is 1.90 bits per heavy atom. The highest BCUT2D eigenvalue weighted by Crippen LogP contribution is 2.16. The lowest BCUT2D eigenvalue weighted by molar-refractivity contribution is 0.0785. The van der Waals surface area contributed by atoms with E-state index in [4.69, 9.17) is 5.73 Å². The molecule has 2 aromatic rings. The Kier molecular flexibility index (Phi) is 3.89. The first-order valence-corrected chi connectivity index (χ1v) is 6.06. The van der Waals surface area contributed by atoms with Crippen molar-refractivity contribution in [3.05, 3.63) is 59.4 Å². The Morgan fingerprint density at radius 3 is 2.50 bits per heavy atom. The van der Waals surface area contributed by atoms with Crippen LogP contribution in [0.1, 0.15) is 15.9 Å². The Hall–Kier alpha value is -2.56. The van der Waals surface area contributed by atoms with Gasteiger partial charge in [-0.3, -0.25) is 4.79 Å². The lowest BCUT2D eigenvalue weighted by atomic mass is 10.1. The van der Waals surface area contributed by atoms with Crippen LogP contribution in [0.15, 0.2) is 42.5 Å². The van der Waals surface area contributed by atoms with E-state index in [2.05, 4.69) is 0 Å². The second kappa shape index (κ2) is 5.61. The van der Waals surface area contributed by atoms with E-state index in [1.54, 1.807) is 31.3 Å². The molecule has 0 fully saturated rings. The van der Waals surface area contributed by atoms with Crippen molar-refractivity contribution in [2.75, 3.05) is 12.8 Å². The molecule has 2 rings (SSSR count). The summed E-state index contributed by atoms with van der Waals surface area (Å²) in [4.78, 5) is 13.7. The number of nitrogens with two attached hydrogens (primary N) is 1. The largest absolute Gasteiger partial charge is 0.508 e. The molecule has 0 aliphatic carbocycles. The SMILES string of the molecule is CN(Cc1ccc(O)cc1)C(=O)c1ccc(F)c(N)c1. The number of carbonyl (C=O) groups is 1. The van der Waals surface area contributed by atoms with Gasteiger partial charge >= 0.3 is 0 Å². The molecule has 0 saturated carbocycles. The molecule has 5 heteroatoms. The van der Waals surface area contributed by atoms with Crippen LogP contribution in [0.2, 0.25) is 0 Å². The fourth-order valence-corrected chi connectivity index (χ4v) is 1.84. The van der Waals surface area contributed by atoms with Gasteiger partial charge in [-0.2, -0.15) is 0 Å². The number of nitrogens with zero attached hydrogens (tertiary/aromatic N) is 1. The van der Waals surface area contributed by atoms with Gasteiger partial charge in [-0.05, 0) is 35.9 Å². The zero-order valence-electron chi connectivity index (χ0n) is 11.0. The van der Waals surface area contributed by atoms with Crippen molar-refractivity contribution in [1.82, 2.24) is 4.90 Å². The Morgan fingerprint density at radius 1 is 1.25 bits per heavy atom. The average Bonchev–Trinajstić information content (AvgIpc) is 2.43. The van der Waals surface area contributed by atoms with Crippen LogP contribution in [0.25, 0.3) is 0 Å². The molecule has 0 aromatic heterocycles. The van der Waals surface area contributed by atoms with Crippen LogP contribution in [0, 0.1) is 5.82 Å². The van der Waals surface area contributed by atoms with E-state index in [0.29, 0.717) is 12.1 Å². The first-order valence-electron chi connectivity index (χ1n) is 6.06.